The summed E-state index contributed by atoms with van der Waals surface area (Å²) < 4.78 is 0. The van der Waals surface area contributed by atoms with E-state index < -0.39 is 6.10 Å². The molecule has 4 rings (SSSR count). The molecular weight excluding hydrogens is 402 g/mol. The van der Waals surface area contributed by atoms with E-state index in [9.17, 15) is 15.0 Å². The second-order valence-electron chi connectivity index (χ2n) is 9.96. The van der Waals surface area contributed by atoms with Crippen molar-refractivity contribution in [3.63, 3.8) is 0 Å². The van der Waals surface area contributed by atoms with E-state index in [-0.39, 0.29) is 24.1 Å². The molecule has 1 saturated heterocycles. The van der Waals surface area contributed by atoms with Gasteiger partial charge < -0.3 is 20.5 Å². The minimum Gasteiger partial charge on any atom is -0.395 e. The van der Waals surface area contributed by atoms with Gasteiger partial charge in [0.1, 0.15) is 0 Å². The lowest BCUT2D eigenvalue weighted by Gasteiger charge is -2.23. The normalized spacial score (nSPS) is 19.6. The van der Waals surface area contributed by atoms with Crippen LogP contribution in [0.1, 0.15) is 48.8 Å². The van der Waals surface area contributed by atoms with Gasteiger partial charge in [0.25, 0.3) is 5.91 Å². The average molecular weight is 436 g/mol. The number of aliphatic hydroxyl groups is 2. The lowest BCUT2D eigenvalue weighted by molar-refractivity contribution is 0.0679. The van der Waals surface area contributed by atoms with Crippen molar-refractivity contribution >= 4 is 16.8 Å². The van der Waals surface area contributed by atoms with Crippen LogP contribution in [0.15, 0.2) is 42.5 Å². The number of hydrogen-bond donors (Lipinski definition) is 4. The number of aliphatic hydroxyl groups excluding tert-OH is 2. The van der Waals surface area contributed by atoms with Crippen LogP contribution >= 0.6 is 0 Å². The summed E-state index contributed by atoms with van der Waals surface area (Å²) >= 11 is 0. The standard InChI is InChI=1S/C26H33N3O3/c1-16-9-18(12-20(10-16)25(32)28-26(2,3)4)17-5-6-22-19(11-17)13-21(27-22)14-29-8-7-24(31)23(29)15-30/h5-6,9-13,23-24,27,30-31H,7-8,14-15H2,1-4H3,(H,28,32)/t23-,24+/m0/s1. The third kappa shape index (κ3) is 4.88. The molecule has 1 aliphatic heterocycles. The van der Waals surface area contributed by atoms with E-state index in [0.29, 0.717) is 18.5 Å². The molecule has 1 fully saturated rings. The van der Waals surface area contributed by atoms with Gasteiger partial charge in [-0.2, -0.15) is 0 Å². The van der Waals surface area contributed by atoms with Gasteiger partial charge in [-0.1, -0.05) is 12.1 Å². The van der Waals surface area contributed by atoms with Crippen molar-refractivity contribution in [1.82, 2.24) is 15.2 Å². The van der Waals surface area contributed by atoms with Gasteiger partial charge >= 0.3 is 0 Å². The fourth-order valence-electron chi connectivity index (χ4n) is 4.50. The predicted molar refractivity (Wildman–Crippen MR) is 128 cm³/mol. The summed E-state index contributed by atoms with van der Waals surface area (Å²) in [6.07, 6.45) is 0.218. The molecule has 0 saturated carbocycles. The summed E-state index contributed by atoms with van der Waals surface area (Å²) in [6.45, 7) is 9.33. The number of fused-ring (bicyclic) bond motifs is 1. The Balaban J connectivity index is 1.60. The first-order valence-electron chi connectivity index (χ1n) is 11.2. The SMILES string of the molecule is Cc1cc(C(=O)NC(C)(C)C)cc(-c2ccc3[nH]c(CN4CC[C@@H](O)[C@@H]4CO)cc3c2)c1. The molecule has 6 heteroatoms. The van der Waals surface area contributed by atoms with E-state index in [2.05, 4.69) is 45.5 Å². The molecule has 1 amide bonds. The first kappa shape index (κ1) is 22.5. The van der Waals surface area contributed by atoms with Gasteiger partial charge in [0.2, 0.25) is 0 Å². The minimum absolute atomic E-state index is 0.0377. The zero-order valence-corrected chi connectivity index (χ0v) is 19.3. The number of H-pyrrole nitrogens is 1. The Morgan fingerprint density at radius 2 is 1.94 bits per heavy atom. The number of likely N-dealkylation sites (tertiary alicyclic amines) is 1. The summed E-state index contributed by atoms with van der Waals surface area (Å²) in [4.78, 5) is 18.3. The van der Waals surface area contributed by atoms with E-state index >= 15 is 0 Å². The summed E-state index contributed by atoms with van der Waals surface area (Å²) in [5.41, 5.74) is 5.58. The number of hydrogen-bond acceptors (Lipinski definition) is 4. The summed E-state index contributed by atoms with van der Waals surface area (Å²) in [5, 5.41) is 23.8. The van der Waals surface area contributed by atoms with E-state index in [1.807, 2.05) is 39.8 Å². The lowest BCUT2D eigenvalue weighted by Crippen LogP contribution is -2.40. The molecule has 0 aliphatic carbocycles. The minimum atomic E-state index is -0.470. The smallest absolute Gasteiger partial charge is 0.251 e. The highest BCUT2D eigenvalue weighted by atomic mass is 16.3. The first-order chi connectivity index (χ1) is 15.1. The molecule has 4 N–H and O–H groups in total. The van der Waals surface area contributed by atoms with Crippen molar-refractivity contribution < 1.29 is 15.0 Å². The zero-order chi connectivity index (χ0) is 23.0. The third-order valence-electron chi connectivity index (χ3n) is 6.02. The Kier molecular flexibility index (Phi) is 6.12. The topological polar surface area (TPSA) is 88.6 Å². The lowest BCUT2D eigenvalue weighted by atomic mass is 9.98. The quantitative estimate of drug-likeness (QED) is 0.493. The number of aromatic nitrogens is 1. The molecule has 2 aromatic carbocycles. The molecule has 2 heterocycles. The molecule has 0 bridgehead atoms. The average Bonchev–Trinajstić information content (AvgIpc) is 3.28. The van der Waals surface area contributed by atoms with Crippen LogP contribution in [-0.2, 0) is 6.54 Å². The zero-order valence-electron chi connectivity index (χ0n) is 19.3. The van der Waals surface area contributed by atoms with Gasteiger partial charge in [0, 0.05) is 40.8 Å². The number of aromatic amines is 1. The van der Waals surface area contributed by atoms with Crippen LogP contribution in [0.4, 0.5) is 0 Å². The van der Waals surface area contributed by atoms with E-state index in [1.165, 1.54) is 0 Å². The predicted octanol–water partition coefficient (Wildman–Crippen LogP) is 3.60. The van der Waals surface area contributed by atoms with E-state index in [1.54, 1.807) is 0 Å². The number of carbonyl (C=O) groups excluding carboxylic acids is 1. The Bertz CT molecular complexity index is 1130. The molecule has 1 aliphatic rings. The highest BCUT2D eigenvalue weighted by molar-refractivity contribution is 5.96. The summed E-state index contributed by atoms with van der Waals surface area (Å²) in [5.74, 6) is -0.0707. The van der Waals surface area contributed by atoms with Crippen molar-refractivity contribution in [3.8, 4) is 11.1 Å². The third-order valence-corrected chi connectivity index (χ3v) is 6.02. The largest absolute Gasteiger partial charge is 0.395 e. The molecule has 3 aromatic rings. The highest BCUT2D eigenvalue weighted by Crippen LogP contribution is 2.28. The highest BCUT2D eigenvalue weighted by Gasteiger charge is 2.32. The molecule has 170 valence electrons. The van der Waals surface area contributed by atoms with Gasteiger partial charge in [0.15, 0.2) is 0 Å². The molecule has 2 atom stereocenters. The van der Waals surface area contributed by atoms with Crippen LogP contribution in [0.3, 0.4) is 0 Å². The monoisotopic (exact) mass is 435 g/mol. The van der Waals surface area contributed by atoms with Gasteiger partial charge in [-0.15, -0.1) is 0 Å². The van der Waals surface area contributed by atoms with Crippen LogP contribution in [0, 0.1) is 6.92 Å². The maximum Gasteiger partial charge on any atom is 0.251 e. The van der Waals surface area contributed by atoms with Crippen LogP contribution in [-0.4, -0.2) is 56.8 Å². The van der Waals surface area contributed by atoms with Gasteiger partial charge in [-0.05, 0) is 81.1 Å². The van der Waals surface area contributed by atoms with Crippen molar-refractivity contribution in [2.45, 2.75) is 58.3 Å². The molecule has 6 nitrogen and oxygen atoms in total. The summed E-state index contributed by atoms with van der Waals surface area (Å²) in [6, 6.07) is 14.1. The maximum absolute atomic E-state index is 12.7. The van der Waals surface area contributed by atoms with Crippen molar-refractivity contribution in [1.29, 1.82) is 0 Å². The van der Waals surface area contributed by atoms with E-state index in [4.69, 9.17) is 0 Å². The number of nitrogens with one attached hydrogen (secondary N) is 2. The second-order valence-corrected chi connectivity index (χ2v) is 9.96. The van der Waals surface area contributed by atoms with Crippen molar-refractivity contribution in [2.75, 3.05) is 13.2 Å². The number of benzene rings is 2. The van der Waals surface area contributed by atoms with Gasteiger partial charge in [-0.25, -0.2) is 0 Å². The second kappa shape index (κ2) is 8.70. The van der Waals surface area contributed by atoms with Crippen LogP contribution in [0.25, 0.3) is 22.0 Å². The molecule has 0 spiro atoms. The van der Waals surface area contributed by atoms with E-state index in [0.717, 1.165) is 39.8 Å². The number of aryl methyl sites for hydroxylation is 1. The molecule has 0 unspecified atom stereocenters. The van der Waals surface area contributed by atoms with Gasteiger partial charge in [0.05, 0.1) is 18.8 Å². The first-order valence-corrected chi connectivity index (χ1v) is 11.2. The van der Waals surface area contributed by atoms with Crippen LogP contribution in [0.5, 0.6) is 0 Å². The number of rotatable bonds is 5. The molecule has 1 aromatic heterocycles. The van der Waals surface area contributed by atoms with Gasteiger partial charge in [-0.3, -0.25) is 9.69 Å². The fraction of sp³-hybridized carbons (Fsp3) is 0.423. The van der Waals surface area contributed by atoms with Crippen molar-refractivity contribution in [3.05, 3.63) is 59.3 Å². The molecule has 0 radical (unpaired) electrons. The Morgan fingerprint density at radius 1 is 1.16 bits per heavy atom. The Morgan fingerprint density at radius 3 is 2.66 bits per heavy atom. The number of nitrogens with zero attached hydrogens (tertiary/aromatic N) is 1. The molecule has 32 heavy (non-hydrogen) atoms. The fourth-order valence-corrected chi connectivity index (χ4v) is 4.50. The Labute approximate surface area is 189 Å². The van der Waals surface area contributed by atoms with Crippen LogP contribution < -0.4 is 5.32 Å². The number of amides is 1. The van der Waals surface area contributed by atoms with Crippen molar-refractivity contribution in [2.24, 2.45) is 0 Å². The molecular formula is C26H33N3O3. The summed E-state index contributed by atoms with van der Waals surface area (Å²) in [7, 11) is 0. The maximum atomic E-state index is 12.7. The Hall–Kier alpha value is -2.67. The number of carbonyl (C=O) groups is 1. The van der Waals surface area contributed by atoms with Crippen LogP contribution in [0.2, 0.25) is 0 Å².